The first kappa shape index (κ1) is 7.74. The Labute approximate surface area is 71.2 Å². The van der Waals surface area contributed by atoms with Gasteiger partial charge < -0.3 is 4.74 Å². The summed E-state index contributed by atoms with van der Waals surface area (Å²) in [5.74, 6) is 0.184. The zero-order valence-electron chi connectivity index (χ0n) is 7.01. The zero-order valence-corrected chi connectivity index (χ0v) is 7.01. The minimum absolute atomic E-state index is 0.140. The van der Waals surface area contributed by atoms with Gasteiger partial charge in [0.1, 0.15) is 5.82 Å². The predicted octanol–water partition coefficient (Wildman–Crippen LogP) is 2.46. The van der Waals surface area contributed by atoms with Gasteiger partial charge in [0.2, 0.25) is 0 Å². The summed E-state index contributed by atoms with van der Waals surface area (Å²) in [6.07, 6.45) is 0. The minimum Gasteiger partial charge on any atom is -0.376 e. The van der Waals surface area contributed by atoms with E-state index in [1.165, 1.54) is 6.07 Å². The molecule has 1 aromatic carbocycles. The number of rotatable bonds is 0. The maximum atomic E-state index is 13.2. The normalized spacial score (nSPS) is 22.0. The lowest BCUT2D eigenvalue weighted by Gasteiger charge is -2.22. The molecule has 2 rings (SSSR count). The quantitative estimate of drug-likeness (QED) is 0.575. The molecule has 0 fully saturated rings. The van der Waals surface area contributed by atoms with Gasteiger partial charge in [-0.25, -0.2) is 4.39 Å². The largest absolute Gasteiger partial charge is 0.376 e. The molecule has 0 saturated carbocycles. The Morgan fingerprint density at radius 2 is 2.33 bits per heavy atom. The van der Waals surface area contributed by atoms with E-state index in [0.29, 0.717) is 19.1 Å². The van der Waals surface area contributed by atoms with Crippen molar-refractivity contribution in [3.63, 3.8) is 0 Å². The molecule has 1 unspecified atom stereocenters. The van der Waals surface area contributed by atoms with Crippen LogP contribution in [0.25, 0.3) is 0 Å². The third-order valence-corrected chi connectivity index (χ3v) is 2.30. The standard InChI is InChI=1S/C10H11FO/c1-7-5-12-6-9-8(7)3-2-4-10(9)11/h2-4,7H,5-6H2,1H3. The van der Waals surface area contributed by atoms with Crippen LogP contribution in [-0.4, -0.2) is 6.61 Å². The van der Waals surface area contributed by atoms with Crippen molar-refractivity contribution in [3.05, 3.63) is 35.1 Å². The topological polar surface area (TPSA) is 9.23 Å². The van der Waals surface area contributed by atoms with E-state index in [1.54, 1.807) is 6.07 Å². The Balaban J connectivity index is 2.52. The molecule has 0 aliphatic carbocycles. The first-order valence-electron chi connectivity index (χ1n) is 4.14. The van der Waals surface area contributed by atoms with Crippen LogP contribution in [0.15, 0.2) is 18.2 Å². The van der Waals surface area contributed by atoms with E-state index in [0.717, 1.165) is 11.1 Å². The van der Waals surface area contributed by atoms with Crippen molar-refractivity contribution in [3.8, 4) is 0 Å². The summed E-state index contributed by atoms with van der Waals surface area (Å²) >= 11 is 0. The van der Waals surface area contributed by atoms with E-state index in [4.69, 9.17) is 4.74 Å². The van der Waals surface area contributed by atoms with E-state index >= 15 is 0 Å². The van der Waals surface area contributed by atoms with Crippen molar-refractivity contribution in [1.82, 2.24) is 0 Å². The van der Waals surface area contributed by atoms with Gasteiger partial charge in [-0.3, -0.25) is 0 Å². The molecule has 2 heteroatoms. The summed E-state index contributed by atoms with van der Waals surface area (Å²) in [6, 6.07) is 5.22. The maximum Gasteiger partial charge on any atom is 0.129 e. The van der Waals surface area contributed by atoms with Crippen LogP contribution in [0.3, 0.4) is 0 Å². The summed E-state index contributed by atoms with van der Waals surface area (Å²) in [5, 5.41) is 0. The van der Waals surface area contributed by atoms with E-state index in [-0.39, 0.29) is 5.82 Å². The molecule has 1 aliphatic heterocycles. The fourth-order valence-corrected chi connectivity index (χ4v) is 1.62. The molecule has 12 heavy (non-hydrogen) atoms. The summed E-state index contributed by atoms with van der Waals surface area (Å²) < 4.78 is 18.4. The average molecular weight is 166 g/mol. The van der Waals surface area contributed by atoms with Crippen LogP contribution >= 0.6 is 0 Å². The van der Waals surface area contributed by atoms with Crippen LogP contribution in [0.5, 0.6) is 0 Å². The molecule has 64 valence electrons. The smallest absolute Gasteiger partial charge is 0.129 e. The first-order chi connectivity index (χ1) is 5.79. The number of hydrogen-bond donors (Lipinski definition) is 0. The van der Waals surface area contributed by atoms with Gasteiger partial charge in [0.05, 0.1) is 13.2 Å². The van der Waals surface area contributed by atoms with Crippen LogP contribution in [-0.2, 0) is 11.3 Å². The lowest BCUT2D eigenvalue weighted by atomic mass is 9.94. The number of halogens is 1. The Bertz CT molecular complexity index is 296. The highest BCUT2D eigenvalue weighted by Crippen LogP contribution is 2.27. The lowest BCUT2D eigenvalue weighted by molar-refractivity contribution is 0.0922. The molecule has 0 spiro atoms. The molecule has 0 radical (unpaired) electrons. The van der Waals surface area contributed by atoms with E-state index in [2.05, 4.69) is 6.92 Å². The van der Waals surface area contributed by atoms with Crippen LogP contribution in [0.2, 0.25) is 0 Å². The van der Waals surface area contributed by atoms with Crippen molar-refractivity contribution in [2.24, 2.45) is 0 Å². The molecule has 1 heterocycles. The van der Waals surface area contributed by atoms with Gasteiger partial charge >= 0.3 is 0 Å². The molecular formula is C10H11FO. The van der Waals surface area contributed by atoms with Gasteiger partial charge in [-0.05, 0) is 11.6 Å². The van der Waals surface area contributed by atoms with E-state index in [1.807, 2.05) is 6.07 Å². The van der Waals surface area contributed by atoms with Gasteiger partial charge in [0.15, 0.2) is 0 Å². The average Bonchev–Trinajstić information content (AvgIpc) is 2.07. The third-order valence-electron chi connectivity index (χ3n) is 2.30. The molecule has 0 N–H and O–H groups in total. The van der Waals surface area contributed by atoms with Gasteiger partial charge in [-0.1, -0.05) is 19.1 Å². The highest BCUT2D eigenvalue weighted by atomic mass is 19.1. The molecule has 1 atom stereocenters. The Hall–Kier alpha value is -0.890. The monoisotopic (exact) mass is 166 g/mol. The van der Waals surface area contributed by atoms with Gasteiger partial charge in [0, 0.05) is 11.5 Å². The Morgan fingerprint density at radius 3 is 3.08 bits per heavy atom. The van der Waals surface area contributed by atoms with Crippen LogP contribution in [0.4, 0.5) is 4.39 Å². The number of ether oxygens (including phenoxy) is 1. The van der Waals surface area contributed by atoms with E-state index in [9.17, 15) is 4.39 Å². The second kappa shape index (κ2) is 2.87. The fourth-order valence-electron chi connectivity index (χ4n) is 1.62. The Kier molecular flexibility index (Phi) is 1.85. The van der Waals surface area contributed by atoms with Gasteiger partial charge in [-0.2, -0.15) is 0 Å². The molecule has 1 aromatic rings. The van der Waals surface area contributed by atoms with Crippen LogP contribution in [0, 0.1) is 5.82 Å². The lowest BCUT2D eigenvalue weighted by Crippen LogP contribution is -2.15. The third kappa shape index (κ3) is 1.12. The molecule has 0 amide bonds. The van der Waals surface area contributed by atoms with Crippen molar-refractivity contribution < 1.29 is 9.13 Å². The maximum absolute atomic E-state index is 13.2. The second-order valence-electron chi connectivity index (χ2n) is 3.22. The molecule has 0 aromatic heterocycles. The van der Waals surface area contributed by atoms with Crippen LogP contribution < -0.4 is 0 Å². The first-order valence-corrected chi connectivity index (χ1v) is 4.14. The zero-order chi connectivity index (χ0) is 8.55. The summed E-state index contributed by atoms with van der Waals surface area (Å²) in [4.78, 5) is 0. The highest BCUT2D eigenvalue weighted by molar-refractivity contribution is 5.32. The van der Waals surface area contributed by atoms with Crippen molar-refractivity contribution in [2.75, 3.05) is 6.61 Å². The molecule has 0 bridgehead atoms. The number of fused-ring (bicyclic) bond motifs is 1. The Morgan fingerprint density at radius 1 is 1.50 bits per heavy atom. The minimum atomic E-state index is -0.140. The second-order valence-corrected chi connectivity index (χ2v) is 3.22. The van der Waals surface area contributed by atoms with Crippen molar-refractivity contribution >= 4 is 0 Å². The van der Waals surface area contributed by atoms with Gasteiger partial charge in [-0.15, -0.1) is 0 Å². The highest BCUT2D eigenvalue weighted by Gasteiger charge is 2.18. The van der Waals surface area contributed by atoms with Gasteiger partial charge in [0.25, 0.3) is 0 Å². The SMILES string of the molecule is CC1COCc2c(F)cccc21. The molecule has 0 saturated heterocycles. The van der Waals surface area contributed by atoms with Crippen LogP contribution in [0.1, 0.15) is 24.0 Å². The summed E-state index contributed by atoms with van der Waals surface area (Å²) in [6.45, 7) is 3.18. The summed E-state index contributed by atoms with van der Waals surface area (Å²) in [7, 11) is 0. The number of benzene rings is 1. The fraction of sp³-hybridized carbons (Fsp3) is 0.400. The molecular weight excluding hydrogens is 155 g/mol. The molecule has 1 nitrogen and oxygen atoms in total. The molecule has 1 aliphatic rings. The predicted molar refractivity (Wildman–Crippen MR) is 44.5 cm³/mol. The number of hydrogen-bond acceptors (Lipinski definition) is 1. The van der Waals surface area contributed by atoms with Crippen molar-refractivity contribution in [1.29, 1.82) is 0 Å². The van der Waals surface area contributed by atoms with Crippen molar-refractivity contribution in [2.45, 2.75) is 19.4 Å². The van der Waals surface area contributed by atoms with E-state index < -0.39 is 0 Å². The summed E-state index contributed by atoms with van der Waals surface area (Å²) in [5.41, 5.74) is 1.83.